The summed E-state index contributed by atoms with van der Waals surface area (Å²) in [7, 11) is -1.88. The molecule has 0 bridgehead atoms. The number of benzene rings is 2. The van der Waals surface area contributed by atoms with Crippen LogP contribution in [0.3, 0.4) is 0 Å². The van der Waals surface area contributed by atoms with Crippen LogP contribution in [0.25, 0.3) is 10.8 Å². The van der Waals surface area contributed by atoms with Crippen LogP contribution in [-0.2, 0) is 4.74 Å². The van der Waals surface area contributed by atoms with E-state index in [1.165, 1.54) is 0 Å². The molecule has 0 aromatic heterocycles. The molecule has 0 atom stereocenters. The van der Waals surface area contributed by atoms with Crippen LogP contribution < -0.4 is 0 Å². The number of aryl methyl sites for hydroxylation is 1. The second-order valence-electron chi connectivity index (χ2n) is 8.72. The molecular formula is C24H28O3Si. The molecule has 0 aliphatic carbocycles. The van der Waals surface area contributed by atoms with Crippen molar-refractivity contribution in [1.82, 2.24) is 0 Å². The molecule has 4 heteroatoms. The van der Waals surface area contributed by atoms with Gasteiger partial charge in [-0.1, -0.05) is 53.5 Å². The third-order valence-corrected chi connectivity index (χ3v) is 12.5. The Morgan fingerprint density at radius 3 is 2.00 bits per heavy atom. The molecule has 0 radical (unpaired) electrons. The van der Waals surface area contributed by atoms with Crippen LogP contribution in [0.15, 0.2) is 24.3 Å². The summed E-state index contributed by atoms with van der Waals surface area (Å²) in [6.07, 6.45) is 0. The van der Waals surface area contributed by atoms with Crippen LogP contribution in [0.4, 0.5) is 0 Å². The normalized spacial score (nSPS) is 13.9. The maximum absolute atomic E-state index is 12.3. The van der Waals surface area contributed by atoms with Gasteiger partial charge in [0.2, 0.25) is 0 Å². The average Bonchev–Trinajstić information content (AvgIpc) is 2.59. The first-order chi connectivity index (χ1) is 13.1. The van der Waals surface area contributed by atoms with E-state index in [0.717, 1.165) is 16.5 Å². The molecule has 0 amide bonds. The molecule has 0 fully saturated rings. The van der Waals surface area contributed by atoms with Gasteiger partial charge in [0, 0.05) is 10.9 Å². The van der Waals surface area contributed by atoms with E-state index < -0.39 is 20.0 Å². The zero-order valence-electron chi connectivity index (χ0n) is 17.8. The van der Waals surface area contributed by atoms with Crippen LogP contribution in [0.5, 0.6) is 0 Å². The first-order valence-electron chi connectivity index (χ1n) is 9.96. The van der Waals surface area contributed by atoms with Gasteiger partial charge in [0.05, 0.1) is 11.1 Å². The number of hydrogen-bond acceptors (Lipinski definition) is 3. The molecule has 0 saturated heterocycles. The van der Waals surface area contributed by atoms with E-state index in [2.05, 4.69) is 53.0 Å². The first kappa shape index (κ1) is 20.4. The Morgan fingerprint density at radius 1 is 0.857 bits per heavy atom. The highest BCUT2D eigenvalue weighted by molar-refractivity contribution is 6.90. The van der Waals surface area contributed by atoms with E-state index in [-0.39, 0.29) is 0 Å². The zero-order chi connectivity index (χ0) is 20.8. The fraction of sp³-hybridized carbons (Fsp3) is 0.417. The molecule has 1 aliphatic rings. The predicted octanol–water partition coefficient (Wildman–Crippen LogP) is 6.03. The van der Waals surface area contributed by atoms with Gasteiger partial charge in [0.1, 0.15) is 8.07 Å². The lowest BCUT2D eigenvalue weighted by Crippen LogP contribution is -2.43. The molecule has 0 saturated carbocycles. The van der Waals surface area contributed by atoms with Gasteiger partial charge >= 0.3 is 11.9 Å². The van der Waals surface area contributed by atoms with Crippen molar-refractivity contribution in [3.63, 3.8) is 0 Å². The molecule has 2 aromatic carbocycles. The van der Waals surface area contributed by atoms with Crippen LogP contribution in [0.2, 0.25) is 16.6 Å². The number of esters is 2. The monoisotopic (exact) mass is 392 g/mol. The highest BCUT2D eigenvalue weighted by atomic mass is 28.3. The number of hydrogen-bond donors (Lipinski definition) is 0. The molecule has 1 heterocycles. The summed E-state index contributed by atoms with van der Waals surface area (Å²) in [5, 5.41) is 1.54. The van der Waals surface area contributed by atoms with Crippen LogP contribution in [0, 0.1) is 18.4 Å². The lowest BCUT2D eigenvalue weighted by molar-refractivity contribution is 0.0391. The Hall–Kier alpha value is -2.38. The molecule has 146 valence electrons. The van der Waals surface area contributed by atoms with Gasteiger partial charge in [-0.15, -0.1) is 5.54 Å². The number of carbonyl (C=O) groups is 2. The van der Waals surface area contributed by atoms with Gasteiger partial charge < -0.3 is 4.74 Å². The van der Waals surface area contributed by atoms with Crippen molar-refractivity contribution in [3.8, 4) is 11.5 Å². The predicted molar refractivity (Wildman–Crippen MR) is 116 cm³/mol. The minimum Gasteiger partial charge on any atom is -0.386 e. The van der Waals surface area contributed by atoms with Crippen molar-refractivity contribution in [1.29, 1.82) is 0 Å². The Bertz CT molecular complexity index is 1010. The van der Waals surface area contributed by atoms with Gasteiger partial charge in [-0.25, -0.2) is 9.59 Å². The standard InChI is InChI=1S/C24H28O3Si/c1-14(2)28(15(3)4,16(5)6)11-10-18-8-9-19-22-20(18)12-17(7)13-21(22)24(26)27-23(19)25/h8-9,12-16H,1-7H3. The van der Waals surface area contributed by atoms with Crippen LogP contribution in [0.1, 0.15) is 73.4 Å². The topological polar surface area (TPSA) is 43.4 Å². The maximum Gasteiger partial charge on any atom is 0.346 e. The summed E-state index contributed by atoms with van der Waals surface area (Å²) in [5.74, 6) is 2.32. The molecule has 2 aromatic rings. The smallest absolute Gasteiger partial charge is 0.346 e. The molecule has 3 rings (SSSR count). The largest absolute Gasteiger partial charge is 0.386 e. The summed E-state index contributed by atoms with van der Waals surface area (Å²) in [6, 6.07) is 7.43. The van der Waals surface area contributed by atoms with Gasteiger partial charge in [0.15, 0.2) is 0 Å². The Morgan fingerprint density at radius 2 is 1.43 bits per heavy atom. The van der Waals surface area contributed by atoms with Gasteiger partial charge in [-0.3, -0.25) is 0 Å². The van der Waals surface area contributed by atoms with Gasteiger partial charge in [-0.2, -0.15) is 0 Å². The third-order valence-electron chi connectivity index (χ3n) is 6.16. The second-order valence-corrected chi connectivity index (χ2v) is 14.3. The van der Waals surface area contributed by atoms with Crippen LogP contribution >= 0.6 is 0 Å². The SMILES string of the molecule is Cc1cc2c3c(ccc(C#C[Si](C(C)C)(C(C)C)C(C)C)c3c1)C(=O)OC2=O. The fourth-order valence-electron chi connectivity index (χ4n) is 4.87. The highest BCUT2D eigenvalue weighted by Crippen LogP contribution is 2.41. The lowest BCUT2D eigenvalue weighted by atomic mass is 9.92. The summed E-state index contributed by atoms with van der Waals surface area (Å²) < 4.78 is 4.90. The number of cyclic esters (lactones) is 2. The minimum absolute atomic E-state index is 0.440. The summed E-state index contributed by atoms with van der Waals surface area (Å²) in [4.78, 5) is 24.5. The number of ether oxygens (including phenoxy) is 1. The molecule has 3 nitrogen and oxygen atoms in total. The Labute approximate surface area is 168 Å². The number of rotatable bonds is 3. The molecule has 1 aliphatic heterocycles. The van der Waals surface area contributed by atoms with E-state index in [0.29, 0.717) is 33.1 Å². The van der Waals surface area contributed by atoms with E-state index in [1.807, 2.05) is 19.1 Å². The van der Waals surface area contributed by atoms with Crippen molar-refractivity contribution in [2.75, 3.05) is 0 Å². The second kappa shape index (κ2) is 7.22. The summed E-state index contributed by atoms with van der Waals surface area (Å²) in [6.45, 7) is 15.7. The molecular weight excluding hydrogens is 364 g/mol. The fourth-order valence-corrected chi connectivity index (χ4v) is 10.1. The third kappa shape index (κ3) is 3.08. The molecule has 28 heavy (non-hydrogen) atoms. The molecule has 0 unspecified atom stereocenters. The van der Waals surface area contributed by atoms with Crippen molar-refractivity contribution in [2.45, 2.75) is 65.1 Å². The van der Waals surface area contributed by atoms with Crippen molar-refractivity contribution >= 4 is 30.8 Å². The van der Waals surface area contributed by atoms with Crippen LogP contribution in [-0.4, -0.2) is 20.0 Å². The Balaban J connectivity index is 2.30. The quantitative estimate of drug-likeness (QED) is 0.277. The van der Waals surface area contributed by atoms with E-state index in [9.17, 15) is 9.59 Å². The molecule has 0 spiro atoms. The highest BCUT2D eigenvalue weighted by Gasteiger charge is 2.41. The van der Waals surface area contributed by atoms with E-state index in [1.54, 1.807) is 12.1 Å². The van der Waals surface area contributed by atoms with Crippen molar-refractivity contribution in [3.05, 3.63) is 46.5 Å². The lowest BCUT2D eigenvalue weighted by Gasteiger charge is -2.38. The van der Waals surface area contributed by atoms with Gasteiger partial charge in [-0.05, 0) is 52.7 Å². The van der Waals surface area contributed by atoms with Crippen molar-refractivity contribution < 1.29 is 14.3 Å². The van der Waals surface area contributed by atoms with E-state index in [4.69, 9.17) is 4.74 Å². The maximum atomic E-state index is 12.3. The minimum atomic E-state index is -1.88. The summed E-state index contributed by atoms with van der Waals surface area (Å²) in [5.41, 5.74) is 8.09. The van der Waals surface area contributed by atoms with Gasteiger partial charge in [0.25, 0.3) is 0 Å². The molecule has 0 N–H and O–H groups in total. The Kier molecular flexibility index (Phi) is 5.25. The zero-order valence-corrected chi connectivity index (χ0v) is 18.8. The average molecular weight is 393 g/mol. The summed E-state index contributed by atoms with van der Waals surface area (Å²) >= 11 is 0. The first-order valence-corrected chi connectivity index (χ1v) is 12.2. The van der Waals surface area contributed by atoms with E-state index >= 15 is 0 Å². The van der Waals surface area contributed by atoms with Crippen molar-refractivity contribution in [2.24, 2.45) is 0 Å². The number of carbonyl (C=O) groups excluding carboxylic acids is 2.